The first-order valence-electron chi connectivity index (χ1n) is 4.78. The summed E-state index contributed by atoms with van der Waals surface area (Å²) < 4.78 is 5.37. The SMILES string of the molecule is CCCCOc1nccc(C(=N)N)c1Cl. The van der Waals surface area contributed by atoms with E-state index in [0.717, 1.165) is 12.8 Å². The molecule has 1 aromatic rings. The molecule has 0 saturated carbocycles. The minimum Gasteiger partial charge on any atom is -0.477 e. The molecule has 1 heterocycles. The minimum absolute atomic E-state index is 0.0808. The first-order chi connectivity index (χ1) is 7.16. The molecule has 0 fully saturated rings. The normalized spacial score (nSPS) is 10.0. The van der Waals surface area contributed by atoms with Crippen molar-refractivity contribution >= 4 is 17.4 Å². The number of ether oxygens (including phenoxy) is 1. The van der Waals surface area contributed by atoms with Gasteiger partial charge in [-0.3, -0.25) is 5.41 Å². The van der Waals surface area contributed by atoms with Crippen LogP contribution in [0, 0.1) is 5.41 Å². The molecule has 0 aliphatic rings. The third kappa shape index (κ3) is 3.09. The van der Waals surface area contributed by atoms with E-state index in [1.165, 1.54) is 6.20 Å². The number of nitrogens with zero attached hydrogens (tertiary/aromatic N) is 1. The van der Waals surface area contributed by atoms with Crippen molar-refractivity contribution in [1.82, 2.24) is 4.98 Å². The third-order valence-corrected chi connectivity index (χ3v) is 2.25. The number of hydrogen-bond donors (Lipinski definition) is 2. The van der Waals surface area contributed by atoms with Crippen molar-refractivity contribution in [1.29, 1.82) is 5.41 Å². The van der Waals surface area contributed by atoms with Gasteiger partial charge < -0.3 is 10.5 Å². The summed E-state index contributed by atoms with van der Waals surface area (Å²) in [7, 11) is 0. The maximum atomic E-state index is 7.30. The van der Waals surface area contributed by atoms with Crippen molar-refractivity contribution in [3.8, 4) is 5.88 Å². The van der Waals surface area contributed by atoms with Crippen molar-refractivity contribution in [2.75, 3.05) is 6.61 Å². The highest BCUT2D eigenvalue weighted by molar-refractivity contribution is 6.35. The standard InChI is InChI=1S/C10H14ClN3O/c1-2-3-6-15-10-8(11)7(9(12)13)4-5-14-10/h4-5H,2-3,6H2,1H3,(H3,12,13). The van der Waals surface area contributed by atoms with Crippen LogP contribution in [0.5, 0.6) is 5.88 Å². The zero-order chi connectivity index (χ0) is 11.3. The summed E-state index contributed by atoms with van der Waals surface area (Å²) in [6, 6.07) is 1.59. The van der Waals surface area contributed by atoms with E-state index < -0.39 is 0 Å². The Kier molecular flexibility index (Phi) is 4.37. The number of unbranched alkanes of at least 4 members (excludes halogenated alkanes) is 1. The fourth-order valence-corrected chi connectivity index (χ4v) is 1.31. The van der Waals surface area contributed by atoms with Crippen LogP contribution in [-0.4, -0.2) is 17.4 Å². The summed E-state index contributed by atoms with van der Waals surface area (Å²) in [5.41, 5.74) is 5.81. The first kappa shape index (κ1) is 11.8. The summed E-state index contributed by atoms with van der Waals surface area (Å²) in [6.07, 6.45) is 3.52. The number of nitrogens with two attached hydrogens (primary N) is 1. The molecule has 5 heteroatoms. The fraction of sp³-hybridized carbons (Fsp3) is 0.400. The van der Waals surface area contributed by atoms with Crippen molar-refractivity contribution in [2.24, 2.45) is 5.73 Å². The van der Waals surface area contributed by atoms with Gasteiger partial charge in [0.05, 0.1) is 6.61 Å². The van der Waals surface area contributed by atoms with Gasteiger partial charge in [0.25, 0.3) is 0 Å². The summed E-state index contributed by atoms with van der Waals surface area (Å²) in [4.78, 5) is 3.99. The molecule has 3 N–H and O–H groups in total. The van der Waals surface area contributed by atoms with E-state index in [2.05, 4.69) is 11.9 Å². The molecule has 0 aromatic carbocycles. The maximum absolute atomic E-state index is 7.30. The van der Waals surface area contributed by atoms with Gasteiger partial charge in [0, 0.05) is 11.8 Å². The average Bonchev–Trinajstić information content (AvgIpc) is 2.20. The smallest absolute Gasteiger partial charge is 0.233 e. The number of hydrogen-bond acceptors (Lipinski definition) is 3. The van der Waals surface area contributed by atoms with E-state index >= 15 is 0 Å². The second kappa shape index (κ2) is 5.56. The maximum Gasteiger partial charge on any atom is 0.233 e. The highest BCUT2D eigenvalue weighted by atomic mass is 35.5. The number of nitrogens with one attached hydrogen (secondary N) is 1. The van der Waals surface area contributed by atoms with Crippen LogP contribution in [0.1, 0.15) is 25.3 Å². The average molecular weight is 228 g/mol. The van der Waals surface area contributed by atoms with E-state index in [4.69, 9.17) is 27.5 Å². The van der Waals surface area contributed by atoms with E-state index in [9.17, 15) is 0 Å². The fourth-order valence-electron chi connectivity index (χ4n) is 1.05. The van der Waals surface area contributed by atoms with Crippen LogP contribution >= 0.6 is 11.6 Å². The molecular formula is C10H14ClN3O. The molecule has 0 radical (unpaired) electrons. The van der Waals surface area contributed by atoms with Gasteiger partial charge in [-0.1, -0.05) is 24.9 Å². The zero-order valence-corrected chi connectivity index (χ0v) is 9.34. The molecule has 0 aliphatic heterocycles. The number of pyridine rings is 1. The molecule has 0 saturated heterocycles. The lowest BCUT2D eigenvalue weighted by atomic mass is 10.2. The molecule has 0 spiro atoms. The number of rotatable bonds is 5. The van der Waals surface area contributed by atoms with Gasteiger partial charge in [-0.05, 0) is 12.5 Å². The van der Waals surface area contributed by atoms with Crippen LogP contribution < -0.4 is 10.5 Å². The van der Waals surface area contributed by atoms with E-state index in [1.807, 2.05) is 0 Å². The van der Waals surface area contributed by atoms with Gasteiger partial charge in [0.15, 0.2) is 0 Å². The van der Waals surface area contributed by atoms with Crippen LogP contribution in [0.2, 0.25) is 5.02 Å². The summed E-state index contributed by atoms with van der Waals surface area (Å²) in [5, 5.41) is 7.60. The molecule has 0 amide bonds. The van der Waals surface area contributed by atoms with E-state index in [1.54, 1.807) is 6.07 Å². The van der Waals surface area contributed by atoms with Crippen LogP contribution in [-0.2, 0) is 0 Å². The van der Waals surface area contributed by atoms with Crippen LogP contribution in [0.3, 0.4) is 0 Å². The van der Waals surface area contributed by atoms with Crippen molar-refractivity contribution in [3.05, 3.63) is 22.8 Å². The van der Waals surface area contributed by atoms with Crippen molar-refractivity contribution in [2.45, 2.75) is 19.8 Å². The minimum atomic E-state index is -0.0808. The molecule has 0 atom stereocenters. The Bertz CT molecular complexity index is 355. The molecule has 4 nitrogen and oxygen atoms in total. The number of aromatic nitrogens is 1. The third-order valence-electron chi connectivity index (χ3n) is 1.88. The highest BCUT2D eigenvalue weighted by Gasteiger charge is 2.10. The monoisotopic (exact) mass is 227 g/mol. The predicted octanol–water partition coefficient (Wildman–Crippen LogP) is 2.20. The Labute approximate surface area is 93.9 Å². The van der Waals surface area contributed by atoms with Gasteiger partial charge in [-0.15, -0.1) is 0 Å². The lowest BCUT2D eigenvalue weighted by Gasteiger charge is -2.08. The number of nitrogen functional groups attached to an aromatic ring is 1. The molecule has 0 unspecified atom stereocenters. The molecule has 0 bridgehead atoms. The van der Waals surface area contributed by atoms with Gasteiger partial charge in [-0.2, -0.15) is 0 Å². The van der Waals surface area contributed by atoms with Crippen LogP contribution in [0.15, 0.2) is 12.3 Å². The largest absolute Gasteiger partial charge is 0.477 e. The molecule has 15 heavy (non-hydrogen) atoms. The Balaban J connectivity index is 2.80. The van der Waals surface area contributed by atoms with Crippen molar-refractivity contribution in [3.63, 3.8) is 0 Å². The Hall–Kier alpha value is -1.29. The second-order valence-electron chi connectivity index (χ2n) is 3.09. The predicted molar refractivity (Wildman–Crippen MR) is 60.7 cm³/mol. The lowest BCUT2D eigenvalue weighted by molar-refractivity contribution is 0.298. The summed E-state index contributed by atoms with van der Waals surface area (Å²) in [5.74, 6) is 0.264. The first-order valence-corrected chi connectivity index (χ1v) is 5.16. The second-order valence-corrected chi connectivity index (χ2v) is 3.47. The van der Waals surface area contributed by atoms with Gasteiger partial charge in [0.1, 0.15) is 10.9 Å². The van der Waals surface area contributed by atoms with Crippen molar-refractivity contribution < 1.29 is 4.74 Å². The van der Waals surface area contributed by atoms with Gasteiger partial charge in [0.2, 0.25) is 5.88 Å². The van der Waals surface area contributed by atoms with Gasteiger partial charge >= 0.3 is 0 Å². The Morgan fingerprint density at radius 2 is 2.40 bits per heavy atom. The summed E-state index contributed by atoms with van der Waals surface area (Å²) >= 11 is 5.97. The summed E-state index contributed by atoms with van der Waals surface area (Å²) in [6.45, 7) is 2.65. The van der Waals surface area contributed by atoms with Crippen LogP contribution in [0.4, 0.5) is 0 Å². The molecule has 1 aromatic heterocycles. The number of amidine groups is 1. The quantitative estimate of drug-likeness (QED) is 0.460. The zero-order valence-electron chi connectivity index (χ0n) is 8.59. The number of halogens is 1. The molecule has 0 aliphatic carbocycles. The van der Waals surface area contributed by atoms with E-state index in [0.29, 0.717) is 23.1 Å². The Morgan fingerprint density at radius 1 is 1.67 bits per heavy atom. The van der Waals surface area contributed by atoms with Gasteiger partial charge in [-0.25, -0.2) is 4.98 Å². The topological polar surface area (TPSA) is 72.0 Å². The molecular weight excluding hydrogens is 214 g/mol. The Morgan fingerprint density at radius 3 is 3.00 bits per heavy atom. The van der Waals surface area contributed by atoms with Crippen LogP contribution in [0.25, 0.3) is 0 Å². The lowest BCUT2D eigenvalue weighted by Crippen LogP contribution is -2.12. The molecule has 1 rings (SSSR count). The molecule has 82 valence electrons. The highest BCUT2D eigenvalue weighted by Crippen LogP contribution is 2.25. The van der Waals surface area contributed by atoms with E-state index in [-0.39, 0.29) is 5.84 Å².